The van der Waals surface area contributed by atoms with E-state index in [1.54, 1.807) is 0 Å². The largest absolute Gasteiger partial charge is 0.380 e. The Bertz CT molecular complexity index is 143. The summed E-state index contributed by atoms with van der Waals surface area (Å²) in [5.41, 5.74) is 0. The molecule has 0 aromatic carbocycles. The van der Waals surface area contributed by atoms with Crippen LogP contribution in [-0.4, -0.2) is 25.8 Å². The average molecular weight is 199 g/mol. The number of nitrogens with one attached hydrogen (secondary N) is 1. The van der Waals surface area contributed by atoms with E-state index < -0.39 is 0 Å². The first-order valence-corrected chi connectivity index (χ1v) is 6.05. The van der Waals surface area contributed by atoms with E-state index in [4.69, 9.17) is 4.74 Å². The van der Waals surface area contributed by atoms with Gasteiger partial charge in [-0.05, 0) is 32.2 Å². The van der Waals surface area contributed by atoms with Crippen molar-refractivity contribution in [3.05, 3.63) is 0 Å². The zero-order valence-electron chi connectivity index (χ0n) is 9.88. The SMILES string of the molecule is CCNC(C1CCCCC1)C(C)OC. The standard InChI is InChI=1S/C12H25NO/c1-4-13-12(10(2)14-3)11-8-6-5-7-9-11/h10-13H,4-9H2,1-3H3. The highest BCUT2D eigenvalue weighted by molar-refractivity contribution is 4.83. The van der Waals surface area contributed by atoms with Gasteiger partial charge in [0.15, 0.2) is 0 Å². The van der Waals surface area contributed by atoms with Gasteiger partial charge in [0.25, 0.3) is 0 Å². The Labute approximate surface area is 88.4 Å². The summed E-state index contributed by atoms with van der Waals surface area (Å²) in [6, 6.07) is 0.560. The van der Waals surface area contributed by atoms with Crippen molar-refractivity contribution >= 4 is 0 Å². The van der Waals surface area contributed by atoms with Crippen LogP contribution in [0.2, 0.25) is 0 Å². The number of likely N-dealkylation sites (N-methyl/N-ethyl adjacent to an activating group) is 1. The number of methoxy groups -OCH3 is 1. The lowest BCUT2D eigenvalue weighted by Crippen LogP contribution is -2.45. The molecule has 84 valence electrons. The molecule has 2 atom stereocenters. The molecule has 1 fully saturated rings. The quantitative estimate of drug-likeness (QED) is 0.735. The van der Waals surface area contributed by atoms with Crippen molar-refractivity contribution < 1.29 is 4.74 Å². The van der Waals surface area contributed by atoms with E-state index in [1.165, 1.54) is 32.1 Å². The van der Waals surface area contributed by atoms with Gasteiger partial charge in [-0.3, -0.25) is 0 Å². The van der Waals surface area contributed by atoms with Crippen molar-refractivity contribution in [3.8, 4) is 0 Å². The van der Waals surface area contributed by atoms with Crippen LogP contribution in [0, 0.1) is 5.92 Å². The second-order valence-corrected chi connectivity index (χ2v) is 4.42. The molecule has 0 amide bonds. The van der Waals surface area contributed by atoms with Crippen LogP contribution in [0.4, 0.5) is 0 Å². The molecule has 14 heavy (non-hydrogen) atoms. The summed E-state index contributed by atoms with van der Waals surface area (Å²) in [6.07, 6.45) is 7.34. The van der Waals surface area contributed by atoms with Crippen molar-refractivity contribution in [1.82, 2.24) is 5.32 Å². The molecule has 1 aliphatic carbocycles. The van der Waals surface area contributed by atoms with E-state index >= 15 is 0 Å². The zero-order valence-corrected chi connectivity index (χ0v) is 9.88. The lowest BCUT2D eigenvalue weighted by atomic mass is 9.82. The van der Waals surface area contributed by atoms with Crippen LogP contribution in [-0.2, 0) is 4.74 Å². The van der Waals surface area contributed by atoms with Crippen LogP contribution in [0.15, 0.2) is 0 Å². The van der Waals surface area contributed by atoms with Gasteiger partial charge in [-0.25, -0.2) is 0 Å². The fourth-order valence-corrected chi connectivity index (χ4v) is 2.59. The number of ether oxygens (including phenoxy) is 1. The molecule has 1 aliphatic rings. The molecule has 0 spiro atoms. The average Bonchev–Trinajstić information content (AvgIpc) is 2.26. The molecule has 1 N–H and O–H groups in total. The molecule has 1 saturated carbocycles. The van der Waals surface area contributed by atoms with E-state index in [9.17, 15) is 0 Å². The molecule has 2 heteroatoms. The van der Waals surface area contributed by atoms with Gasteiger partial charge in [0, 0.05) is 13.2 Å². The molecule has 0 saturated heterocycles. The van der Waals surface area contributed by atoms with Crippen molar-refractivity contribution in [1.29, 1.82) is 0 Å². The summed E-state index contributed by atoms with van der Waals surface area (Å²) in [5.74, 6) is 0.832. The van der Waals surface area contributed by atoms with Crippen LogP contribution in [0.1, 0.15) is 46.0 Å². The minimum Gasteiger partial charge on any atom is -0.380 e. The minimum atomic E-state index is 0.345. The Morgan fingerprint density at radius 2 is 1.93 bits per heavy atom. The molecule has 0 aromatic rings. The van der Waals surface area contributed by atoms with E-state index in [1.807, 2.05) is 7.11 Å². The van der Waals surface area contributed by atoms with Gasteiger partial charge < -0.3 is 10.1 Å². The second kappa shape index (κ2) is 6.41. The van der Waals surface area contributed by atoms with Crippen LogP contribution in [0.25, 0.3) is 0 Å². The van der Waals surface area contributed by atoms with Gasteiger partial charge in [0.1, 0.15) is 0 Å². The van der Waals surface area contributed by atoms with Crippen molar-refractivity contribution in [3.63, 3.8) is 0 Å². The summed E-state index contributed by atoms with van der Waals surface area (Å²) >= 11 is 0. The van der Waals surface area contributed by atoms with Gasteiger partial charge in [-0.2, -0.15) is 0 Å². The van der Waals surface area contributed by atoms with E-state index in [0.29, 0.717) is 12.1 Å². The lowest BCUT2D eigenvalue weighted by molar-refractivity contribution is 0.0530. The van der Waals surface area contributed by atoms with E-state index in [-0.39, 0.29) is 0 Å². The normalized spacial score (nSPS) is 23.4. The smallest absolute Gasteiger partial charge is 0.0698 e. The predicted molar refractivity (Wildman–Crippen MR) is 60.5 cm³/mol. The summed E-state index contributed by atoms with van der Waals surface area (Å²) in [5, 5.41) is 3.58. The first kappa shape index (κ1) is 12.0. The van der Waals surface area contributed by atoms with E-state index in [0.717, 1.165) is 12.5 Å². The molecular weight excluding hydrogens is 174 g/mol. The van der Waals surface area contributed by atoms with Crippen molar-refractivity contribution in [2.24, 2.45) is 5.92 Å². The second-order valence-electron chi connectivity index (χ2n) is 4.42. The van der Waals surface area contributed by atoms with Crippen LogP contribution in [0.3, 0.4) is 0 Å². The lowest BCUT2D eigenvalue weighted by Gasteiger charge is -2.34. The summed E-state index contributed by atoms with van der Waals surface area (Å²) in [6.45, 7) is 5.41. The van der Waals surface area contributed by atoms with Crippen molar-refractivity contribution in [2.75, 3.05) is 13.7 Å². The summed E-state index contributed by atoms with van der Waals surface area (Å²) in [7, 11) is 1.82. The molecule has 0 aliphatic heterocycles. The minimum absolute atomic E-state index is 0.345. The highest BCUT2D eigenvalue weighted by atomic mass is 16.5. The Hall–Kier alpha value is -0.0800. The third kappa shape index (κ3) is 3.25. The fourth-order valence-electron chi connectivity index (χ4n) is 2.59. The topological polar surface area (TPSA) is 21.3 Å². The Balaban J connectivity index is 2.46. The van der Waals surface area contributed by atoms with Gasteiger partial charge in [0.2, 0.25) is 0 Å². The van der Waals surface area contributed by atoms with Crippen molar-refractivity contribution in [2.45, 2.75) is 58.1 Å². The fraction of sp³-hybridized carbons (Fsp3) is 1.00. The third-order valence-corrected chi connectivity index (χ3v) is 3.48. The zero-order chi connectivity index (χ0) is 10.4. The van der Waals surface area contributed by atoms with Gasteiger partial charge >= 0.3 is 0 Å². The van der Waals surface area contributed by atoms with Crippen LogP contribution in [0.5, 0.6) is 0 Å². The van der Waals surface area contributed by atoms with E-state index in [2.05, 4.69) is 19.2 Å². The Morgan fingerprint density at radius 3 is 2.43 bits per heavy atom. The summed E-state index contributed by atoms with van der Waals surface area (Å²) in [4.78, 5) is 0. The monoisotopic (exact) mass is 199 g/mol. The molecule has 2 unspecified atom stereocenters. The van der Waals surface area contributed by atoms with Crippen LogP contribution >= 0.6 is 0 Å². The number of hydrogen-bond donors (Lipinski definition) is 1. The highest BCUT2D eigenvalue weighted by Crippen LogP contribution is 2.28. The summed E-state index contributed by atoms with van der Waals surface area (Å²) < 4.78 is 5.46. The maximum absolute atomic E-state index is 5.46. The third-order valence-electron chi connectivity index (χ3n) is 3.48. The molecule has 0 radical (unpaired) electrons. The molecule has 0 aromatic heterocycles. The first-order valence-electron chi connectivity index (χ1n) is 6.05. The molecular formula is C12H25NO. The Kier molecular flexibility index (Phi) is 5.49. The number of hydrogen-bond acceptors (Lipinski definition) is 2. The predicted octanol–water partition coefficient (Wildman–Crippen LogP) is 2.58. The molecule has 0 bridgehead atoms. The molecule has 1 rings (SSSR count). The molecule has 0 heterocycles. The van der Waals surface area contributed by atoms with Gasteiger partial charge in [0.05, 0.1) is 6.10 Å². The highest BCUT2D eigenvalue weighted by Gasteiger charge is 2.27. The first-order chi connectivity index (χ1) is 6.79. The maximum Gasteiger partial charge on any atom is 0.0698 e. The number of rotatable bonds is 5. The maximum atomic E-state index is 5.46. The van der Waals surface area contributed by atoms with Crippen LogP contribution < -0.4 is 5.32 Å². The van der Waals surface area contributed by atoms with Gasteiger partial charge in [-0.15, -0.1) is 0 Å². The Morgan fingerprint density at radius 1 is 1.29 bits per heavy atom. The molecule has 2 nitrogen and oxygen atoms in total. The van der Waals surface area contributed by atoms with Gasteiger partial charge in [-0.1, -0.05) is 26.2 Å².